The summed E-state index contributed by atoms with van der Waals surface area (Å²) in [6, 6.07) is 27.0. The molecule has 0 aromatic heterocycles. The lowest BCUT2D eigenvalue weighted by Gasteiger charge is -2.09. The van der Waals surface area contributed by atoms with Crippen LogP contribution in [0.1, 0.15) is 27.0 Å². The molecular weight excluding hydrogens is 455 g/mol. The van der Waals surface area contributed by atoms with Crippen molar-refractivity contribution in [3.63, 3.8) is 0 Å². The summed E-state index contributed by atoms with van der Waals surface area (Å²) < 4.78 is 0. The molecule has 0 saturated carbocycles. The number of phenolic OH excluding ortho intramolecular Hbond substituents is 1. The van der Waals surface area contributed by atoms with Gasteiger partial charge in [-0.15, -0.1) is 0 Å². The average Bonchev–Trinajstić information content (AvgIpc) is 2.83. The Bertz CT molecular complexity index is 1320. The number of halogens is 2. The fourth-order valence-corrected chi connectivity index (χ4v) is 3.66. The molecule has 0 radical (unpaired) electrons. The van der Waals surface area contributed by atoms with Crippen LogP contribution in [0.3, 0.4) is 0 Å². The normalized spacial score (nSPS) is 11.0. The predicted molar refractivity (Wildman–Crippen MR) is 135 cm³/mol. The van der Waals surface area contributed by atoms with Gasteiger partial charge in [0.1, 0.15) is 5.75 Å². The number of phenols is 1. The molecule has 0 spiro atoms. The number of aromatic hydroxyl groups is 1. The molecule has 0 heterocycles. The molecule has 0 unspecified atom stereocenters. The van der Waals surface area contributed by atoms with Gasteiger partial charge in [0.25, 0.3) is 5.91 Å². The summed E-state index contributed by atoms with van der Waals surface area (Å²) in [5, 5.41) is 14.2. The lowest BCUT2D eigenvalue weighted by Crippen LogP contribution is -2.11. The van der Waals surface area contributed by atoms with E-state index >= 15 is 0 Å². The second-order valence-electron chi connectivity index (χ2n) is 7.40. The Kier molecular flexibility index (Phi) is 7.08. The van der Waals surface area contributed by atoms with Crippen LogP contribution in [-0.4, -0.2) is 17.2 Å². The van der Waals surface area contributed by atoms with Crippen molar-refractivity contribution < 1.29 is 9.90 Å². The van der Waals surface area contributed by atoms with E-state index in [1.165, 1.54) is 0 Å². The lowest BCUT2D eigenvalue weighted by molar-refractivity contribution is 0.102. The third-order valence-corrected chi connectivity index (χ3v) is 5.73. The number of carbonyl (C=O) groups is 1. The molecule has 0 saturated heterocycles. The van der Waals surface area contributed by atoms with Crippen LogP contribution >= 0.6 is 23.2 Å². The number of hydrogen-bond acceptors (Lipinski definition) is 3. The molecule has 0 aliphatic rings. The molecule has 4 rings (SSSR count). The van der Waals surface area contributed by atoms with Crippen LogP contribution in [0.2, 0.25) is 10.0 Å². The summed E-state index contributed by atoms with van der Waals surface area (Å²) in [6.07, 6.45) is 2.22. The van der Waals surface area contributed by atoms with E-state index in [9.17, 15) is 9.90 Å². The fraction of sp³-hybridized carbons (Fsp3) is 0.0370. The van der Waals surface area contributed by atoms with E-state index in [-0.39, 0.29) is 11.7 Å². The van der Waals surface area contributed by atoms with Gasteiger partial charge < -0.3 is 10.4 Å². The van der Waals surface area contributed by atoms with Gasteiger partial charge >= 0.3 is 0 Å². The highest BCUT2D eigenvalue weighted by atomic mass is 35.5. The van der Waals surface area contributed by atoms with Gasteiger partial charge in [-0.05, 0) is 66.1 Å². The number of amides is 1. The molecule has 0 bridgehead atoms. The molecule has 0 fully saturated rings. The van der Waals surface area contributed by atoms with Crippen LogP contribution in [0.25, 0.3) is 0 Å². The maximum Gasteiger partial charge on any atom is 0.255 e. The Balaban J connectivity index is 1.53. The van der Waals surface area contributed by atoms with E-state index in [0.29, 0.717) is 39.0 Å². The molecule has 33 heavy (non-hydrogen) atoms. The van der Waals surface area contributed by atoms with Gasteiger partial charge in [-0.1, -0.05) is 65.7 Å². The first kappa shape index (κ1) is 22.6. The minimum atomic E-state index is -0.261. The zero-order chi connectivity index (χ0) is 23.2. The number of nitrogens with one attached hydrogen (secondary N) is 1. The highest BCUT2D eigenvalue weighted by Crippen LogP contribution is 2.28. The second-order valence-corrected chi connectivity index (χ2v) is 8.22. The second kappa shape index (κ2) is 10.3. The molecular formula is C27H20Cl2N2O2. The number of rotatable bonds is 6. The van der Waals surface area contributed by atoms with Crippen LogP contribution < -0.4 is 5.32 Å². The zero-order valence-electron chi connectivity index (χ0n) is 17.5. The number of nitrogens with zero attached hydrogens (tertiary/aromatic N) is 1. The average molecular weight is 475 g/mol. The SMILES string of the molecule is O=C(Nc1cc(N=Cc2cc(Cc3ccccc3Cl)ccc2O)ccc1Cl)c1ccccc1. The number of anilines is 1. The standard InChI is InChI=1S/C27H20Cl2N2O2/c28-23-9-5-4-8-20(23)14-18-10-13-26(32)21(15-18)17-30-22-11-12-24(29)25(16-22)31-27(33)19-6-2-1-3-7-19/h1-13,15-17,32H,14H2,(H,31,33). The van der Waals surface area contributed by atoms with Crippen molar-refractivity contribution in [3.05, 3.63) is 123 Å². The van der Waals surface area contributed by atoms with Crippen molar-refractivity contribution in [1.29, 1.82) is 0 Å². The van der Waals surface area contributed by atoms with Crippen molar-refractivity contribution in [1.82, 2.24) is 0 Å². The van der Waals surface area contributed by atoms with Gasteiger partial charge in [0.05, 0.1) is 16.4 Å². The van der Waals surface area contributed by atoms with Crippen molar-refractivity contribution in [2.75, 3.05) is 5.32 Å². The van der Waals surface area contributed by atoms with E-state index in [1.54, 1.807) is 54.7 Å². The summed E-state index contributed by atoms with van der Waals surface area (Å²) in [5.41, 5.74) is 4.14. The topological polar surface area (TPSA) is 61.7 Å². The highest BCUT2D eigenvalue weighted by molar-refractivity contribution is 6.34. The Labute approximate surface area is 202 Å². The van der Waals surface area contributed by atoms with Crippen molar-refractivity contribution in [2.45, 2.75) is 6.42 Å². The summed E-state index contributed by atoms with van der Waals surface area (Å²) >= 11 is 12.5. The molecule has 2 N–H and O–H groups in total. The Morgan fingerprint density at radius 2 is 1.64 bits per heavy atom. The molecule has 0 aliphatic carbocycles. The smallest absolute Gasteiger partial charge is 0.255 e. The summed E-state index contributed by atoms with van der Waals surface area (Å²) in [5.74, 6) is -0.142. The molecule has 164 valence electrons. The first-order valence-corrected chi connectivity index (χ1v) is 11.0. The fourth-order valence-electron chi connectivity index (χ4n) is 3.30. The lowest BCUT2D eigenvalue weighted by atomic mass is 10.0. The van der Waals surface area contributed by atoms with Gasteiger partial charge in [0.15, 0.2) is 0 Å². The number of benzene rings is 4. The summed E-state index contributed by atoms with van der Waals surface area (Å²) in [6.45, 7) is 0. The third kappa shape index (κ3) is 5.80. The molecule has 4 nitrogen and oxygen atoms in total. The quantitative estimate of drug-likeness (QED) is 0.288. The van der Waals surface area contributed by atoms with Crippen LogP contribution in [0.15, 0.2) is 96.0 Å². The van der Waals surface area contributed by atoms with E-state index in [0.717, 1.165) is 11.1 Å². The summed E-state index contributed by atoms with van der Waals surface area (Å²) in [7, 11) is 0. The van der Waals surface area contributed by atoms with Crippen molar-refractivity contribution >= 4 is 46.7 Å². The monoisotopic (exact) mass is 474 g/mol. The highest BCUT2D eigenvalue weighted by Gasteiger charge is 2.09. The van der Waals surface area contributed by atoms with Gasteiger partial charge in [0, 0.05) is 22.4 Å². The minimum Gasteiger partial charge on any atom is -0.507 e. The molecule has 6 heteroatoms. The maximum absolute atomic E-state index is 12.5. The van der Waals surface area contributed by atoms with E-state index in [2.05, 4.69) is 10.3 Å². The Hall–Kier alpha value is -3.60. The van der Waals surface area contributed by atoms with E-state index in [4.69, 9.17) is 23.2 Å². The first-order chi connectivity index (χ1) is 16.0. The van der Waals surface area contributed by atoms with E-state index in [1.807, 2.05) is 42.5 Å². The Morgan fingerprint density at radius 3 is 2.42 bits per heavy atom. The van der Waals surface area contributed by atoms with Gasteiger partial charge in [-0.2, -0.15) is 0 Å². The van der Waals surface area contributed by atoms with Crippen molar-refractivity contribution in [2.24, 2.45) is 4.99 Å². The first-order valence-electron chi connectivity index (χ1n) is 10.2. The number of hydrogen-bond donors (Lipinski definition) is 2. The van der Waals surface area contributed by atoms with Gasteiger partial charge in [0.2, 0.25) is 0 Å². The molecule has 1 amide bonds. The minimum absolute atomic E-state index is 0.119. The molecule has 0 aliphatic heterocycles. The van der Waals surface area contributed by atoms with Crippen LogP contribution in [0.5, 0.6) is 5.75 Å². The van der Waals surface area contributed by atoms with Gasteiger partial charge in [-0.25, -0.2) is 0 Å². The van der Waals surface area contributed by atoms with Gasteiger partial charge in [-0.3, -0.25) is 9.79 Å². The van der Waals surface area contributed by atoms with E-state index < -0.39 is 0 Å². The third-order valence-electron chi connectivity index (χ3n) is 5.03. The molecule has 4 aromatic rings. The molecule has 4 aromatic carbocycles. The largest absolute Gasteiger partial charge is 0.507 e. The number of aliphatic imine (C=N–C) groups is 1. The predicted octanol–water partition coefficient (Wildman–Crippen LogP) is 7.29. The van der Waals surface area contributed by atoms with Crippen LogP contribution in [0, 0.1) is 0 Å². The van der Waals surface area contributed by atoms with Crippen molar-refractivity contribution in [3.8, 4) is 5.75 Å². The summed E-state index contributed by atoms with van der Waals surface area (Å²) in [4.78, 5) is 16.9. The zero-order valence-corrected chi connectivity index (χ0v) is 19.0. The number of carbonyl (C=O) groups excluding carboxylic acids is 1. The van der Waals surface area contributed by atoms with Crippen LogP contribution in [-0.2, 0) is 6.42 Å². The maximum atomic E-state index is 12.5. The van der Waals surface area contributed by atoms with Crippen LogP contribution in [0.4, 0.5) is 11.4 Å². The Morgan fingerprint density at radius 1 is 0.879 bits per heavy atom. The molecule has 0 atom stereocenters.